The van der Waals surface area contributed by atoms with E-state index in [1.165, 1.54) is 12.8 Å². The van der Waals surface area contributed by atoms with Crippen LogP contribution in [0.1, 0.15) is 51.9 Å². The highest BCUT2D eigenvalue weighted by molar-refractivity contribution is 5.83. The first-order chi connectivity index (χ1) is 7.16. The van der Waals surface area contributed by atoms with Crippen molar-refractivity contribution in [1.82, 2.24) is 5.32 Å². The SMILES string of the molecule is CCC1(C(=O)NC2CC(O)C2)CCCC1. The molecule has 2 saturated carbocycles. The number of rotatable bonds is 3. The summed E-state index contributed by atoms with van der Waals surface area (Å²) in [4.78, 5) is 12.1. The summed E-state index contributed by atoms with van der Waals surface area (Å²) < 4.78 is 0. The fourth-order valence-electron chi connectivity index (χ4n) is 2.84. The topological polar surface area (TPSA) is 49.3 Å². The molecule has 0 unspecified atom stereocenters. The van der Waals surface area contributed by atoms with Gasteiger partial charge >= 0.3 is 0 Å². The Morgan fingerprint density at radius 2 is 2.00 bits per heavy atom. The molecule has 0 spiro atoms. The number of aliphatic hydroxyl groups is 1. The van der Waals surface area contributed by atoms with E-state index in [2.05, 4.69) is 12.2 Å². The van der Waals surface area contributed by atoms with Gasteiger partial charge in [-0.25, -0.2) is 0 Å². The van der Waals surface area contributed by atoms with Crippen molar-refractivity contribution in [2.75, 3.05) is 0 Å². The van der Waals surface area contributed by atoms with Crippen LogP contribution in [0.5, 0.6) is 0 Å². The maximum Gasteiger partial charge on any atom is 0.226 e. The van der Waals surface area contributed by atoms with Gasteiger partial charge in [0, 0.05) is 11.5 Å². The second-order valence-corrected chi connectivity index (χ2v) is 5.14. The van der Waals surface area contributed by atoms with Gasteiger partial charge in [-0.3, -0.25) is 4.79 Å². The summed E-state index contributed by atoms with van der Waals surface area (Å²) in [6, 6.07) is 0.233. The van der Waals surface area contributed by atoms with Crippen LogP contribution in [0.25, 0.3) is 0 Å². The van der Waals surface area contributed by atoms with Crippen LogP contribution in [-0.4, -0.2) is 23.2 Å². The molecule has 0 saturated heterocycles. The highest BCUT2D eigenvalue weighted by Crippen LogP contribution is 2.41. The molecule has 1 amide bonds. The Balaban J connectivity index is 1.88. The number of aliphatic hydroxyl groups excluding tert-OH is 1. The Bertz CT molecular complexity index is 240. The molecule has 0 atom stereocenters. The highest BCUT2D eigenvalue weighted by atomic mass is 16.3. The molecule has 0 aromatic heterocycles. The molecular formula is C12H21NO2. The number of hydrogen-bond acceptors (Lipinski definition) is 2. The monoisotopic (exact) mass is 211 g/mol. The van der Waals surface area contributed by atoms with Crippen LogP contribution in [0.15, 0.2) is 0 Å². The third-order valence-electron chi connectivity index (χ3n) is 4.17. The normalized spacial score (nSPS) is 33.5. The van der Waals surface area contributed by atoms with E-state index >= 15 is 0 Å². The van der Waals surface area contributed by atoms with E-state index in [4.69, 9.17) is 5.11 Å². The average molecular weight is 211 g/mol. The predicted octanol–water partition coefficient (Wildman–Crippen LogP) is 1.60. The molecule has 2 N–H and O–H groups in total. The molecule has 0 aliphatic heterocycles. The summed E-state index contributed by atoms with van der Waals surface area (Å²) in [5, 5.41) is 12.2. The zero-order chi connectivity index (χ0) is 10.9. The Morgan fingerprint density at radius 3 is 2.47 bits per heavy atom. The zero-order valence-electron chi connectivity index (χ0n) is 9.46. The fourth-order valence-corrected chi connectivity index (χ4v) is 2.84. The van der Waals surface area contributed by atoms with Gasteiger partial charge in [0.05, 0.1) is 6.10 Å². The standard InChI is InChI=1S/C12H21NO2/c1-2-12(5-3-4-6-12)11(15)13-9-7-10(14)8-9/h9-10,14H,2-8H2,1H3,(H,13,15). The first-order valence-electron chi connectivity index (χ1n) is 6.15. The van der Waals surface area contributed by atoms with Gasteiger partial charge in [0.15, 0.2) is 0 Å². The van der Waals surface area contributed by atoms with Crippen LogP contribution < -0.4 is 5.32 Å². The largest absolute Gasteiger partial charge is 0.393 e. The molecule has 2 aliphatic rings. The minimum Gasteiger partial charge on any atom is -0.393 e. The van der Waals surface area contributed by atoms with Crippen molar-refractivity contribution < 1.29 is 9.90 Å². The first-order valence-corrected chi connectivity index (χ1v) is 6.15. The average Bonchev–Trinajstić information content (AvgIpc) is 2.64. The lowest BCUT2D eigenvalue weighted by atomic mass is 9.81. The minimum atomic E-state index is -0.184. The summed E-state index contributed by atoms with van der Waals surface area (Å²) in [5.74, 6) is 0.236. The molecule has 0 aromatic carbocycles. The zero-order valence-corrected chi connectivity index (χ0v) is 9.46. The molecule has 0 aromatic rings. The second kappa shape index (κ2) is 4.12. The lowest BCUT2D eigenvalue weighted by Gasteiger charge is -2.35. The molecule has 2 aliphatic carbocycles. The summed E-state index contributed by atoms with van der Waals surface area (Å²) >= 11 is 0. The van der Waals surface area contributed by atoms with Crippen LogP contribution in [0.2, 0.25) is 0 Å². The second-order valence-electron chi connectivity index (χ2n) is 5.14. The lowest BCUT2D eigenvalue weighted by Crippen LogP contribution is -2.51. The lowest BCUT2D eigenvalue weighted by molar-refractivity contribution is -0.133. The Kier molecular flexibility index (Phi) is 3.01. The van der Waals surface area contributed by atoms with E-state index in [-0.39, 0.29) is 23.5 Å². The number of carbonyl (C=O) groups is 1. The van der Waals surface area contributed by atoms with Crippen molar-refractivity contribution in [3.8, 4) is 0 Å². The maximum absolute atomic E-state index is 12.1. The molecule has 15 heavy (non-hydrogen) atoms. The van der Waals surface area contributed by atoms with Crippen molar-refractivity contribution in [2.24, 2.45) is 5.41 Å². The van der Waals surface area contributed by atoms with Crippen molar-refractivity contribution in [3.63, 3.8) is 0 Å². The fraction of sp³-hybridized carbons (Fsp3) is 0.917. The molecule has 0 bridgehead atoms. The van der Waals surface area contributed by atoms with Gasteiger partial charge in [-0.15, -0.1) is 0 Å². The highest BCUT2D eigenvalue weighted by Gasteiger charge is 2.41. The summed E-state index contributed by atoms with van der Waals surface area (Å²) in [6.45, 7) is 2.11. The maximum atomic E-state index is 12.1. The van der Waals surface area contributed by atoms with Crippen LogP contribution >= 0.6 is 0 Å². The van der Waals surface area contributed by atoms with Gasteiger partial charge in [-0.05, 0) is 32.1 Å². The Hall–Kier alpha value is -0.570. The molecule has 2 fully saturated rings. The van der Waals surface area contributed by atoms with Crippen molar-refractivity contribution in [1.29, 1.82) is 0 Å². The third kappa shape index (κ3) is 2.03. The number of amides is 1. The van der Waals surface area contributed by atoms with E-state index in [0.717, 1.165) is 32.1 Å². The van der Waals surface area contributed by atoms with Gasteiger partial charge in [0.1, 0.15) is 0 Å². The number of carbonyl (C=O) groups excluding carboxylic acids is 1. The van der Waals surface area contributed by atoms with Crippen molar-refractivity contribution in [3.05, 3.63) is 0 Å². The molecule has 3 heteroatoms. The summed E-state index contributed by atoms with van der Waals surface area (Å²) in [5.41, 5.74) is -0.0828. The van der Waals surface area contributed by atoms with Crippen LogP contribution in [-0.2, 0) is 4.79 Å². The van der Waals surface area contributed by atoms with Gasteiger partial charge in [-0.2, -0.15) is 0 Å². The molecule has 0 radical (unpaired) electrons. The van der Waals surface area contributed by atoms with Crippen molar-refractivity contribution >= 4 is 5.91 Å². The van der Waals surface area contributed by atoms with E-state index < -0.39 is 0 Å². The third-order valence-corrected chi connectivity index (χ3v) is 4.17. The van der Waals surface area contributed by atoms with E-state index in [1.54, 1.807) is 0 Å². The van der Waals surface area contributed by atoms with Gasteiger partial charge in [0.25, 0.3) is 0 Å². The van der Waals surface area contributed by atoms with E-state index in [9.17, 15) is 4.79 Å². The van der Waals surface area contributed by atoms with Gasteiger partial charge in [0.2, 0.25) is 5.91 Å². The molecule has 86 valence electrons. The first kappa shape index (κ1) is 10.9. The van der Waals surface area contributed by atoms with Crippen LogP contribution in [0, 0.1) is 5.41 Å². The number of nitrogens with one attached hydrogen (secondary N) is 1. The van der Waals surface area contributed by atoms with E-state index in [1.807, 2.05) is 0 Å². The van der Waals surface area contributed by atoms with E-state index in [0.29, 0.717) is 0 Å². The summed E-state index contributed by atoms with van der Waals surface area (Å²) in [7, 11) is 0. The predicted molar refractivity (Wildman–Crippen MR) is 58.4 cm³/mol. The van der Waals surface area contributed by atoms with Gasteiger partial charge in [-0.1, -0.05) is 19.8 Å². The summed E-state index contributed by atoms with van der Waals surface area (Å²) in [6.07, 6.45) is 6.72. The van der Waals surface area contributed by atoms with Crippen LogP contribution in [0.4, 0.5) is 0 Å². The molecular weight excluding hydrogens is 190 g/mol. The van der Waals surface area contributed by atoms with Crippen molar-refractivity contribution in [2.45, 2.75) is 64.0 Å². The molecule has 2 rings (SSSR count). The Labute approximate surface area is 91.2 Å². The quantitative estimate of drug-likeness (QED) is 0.745. The Morgan fingerprint density at radius 1 is 1.40 bits per heavy atom. The van der Waals surface area contributed by atoms with Gasteiger partial charge < -0.3 is 10.4 Å². The van der Waals surface area contributed by atoms with Crippen LogP contribution in [0.3, 0.4) is 0 Å². The minimum absolute atomic E-state index is 0.0828. The molecule has 3 nitrogen and oxygen atoms in total. The number of hydrogen-bond donors (Lipinski definition) is 2. The smallest absolute Gasteiger partial charge is 0.226 e. The molecule has 0 heterocycles.